The van der Waals surface area contributed by atoms with Crippen molar-refractivity contribution in [1.82, 2.24) is 19.6 Å². The summed E-state index contributed by atoms with van der Waals surface area (Å²) < 4.78 is 1.26. The van der Waals surface area contributed by atoms with Crippen molar-refractivity contribution in [2.75, 3.05) is 26.2 Å². The fourth-order valence-corrected chi connectivity index (χ4v) is 3.81. The maximum atomic E-state index is 12.5. The lowest BCUT2D eigenvalue weighted by Crippen LogP contribution is -2.51. The van der Waals surface area contributed by atoms with Crippen LogP contribution in [0.1, 0.15) is 36.9 Å². The molecule has 1 atom stereocenters. The van der Waals surface area contributed by atoms with Crippen molar-refractivity contribution in [3.8, 4) is 0 Å². The van der Waals surface area contributed by atoms with Crippen molar-refractivity contribution < 1.29 is 9.90 Å². The first-order valence-corrected chi connectivity index (χ1v) is 9.19. The molecule has 0 unspecified atom stereocenters. The van der Waals surface area contributed by atoms with Gasteiger partial charge in [0.05, 0.1) is 11.8 Å². The molecule has 1 aromatic rings. The highest BCUT2D eigenvalue weighted by atomic mass is 16.3. The molecule has 1 amide bonds. The fraction of sp³-hybridized carbons (Fsp3) is 0.722. The standard InChI is InChI=1S/C18H28N4O3/c1-13-10-17(24)22(19-14(13)2)12-18(25)20-8-5-15(6-9-20)21-7-3-4-16(23)11-21/h10,15-16,23H,3-9,11-12H2,1-2H3/t16-/m1/s1. The predicted octanol–water partition coefficient (Wildman–Crippen LogP) is 0.308. The summed E-state index contributed by atoms with van der Waals surface area (Å²) in [4.78, 5) is 28.7. The number of carbonyl (C=O) groups excluding carboxylic acids is 1. The molecule has 0 spiro atoms. The summed E-state index contributed by atoms with van der Waals surface area (Å²) in [6, 6.07) is 1.98. The van der Waals surface area contributed by atoms with E-state index in [0.29, 0.717) is 19.1 Å². The van der Waals surface area contributed by atoms with Gasteiger partial charge in [0.25, 0.3) is 5.56 Å². The summed E-state index contributed by atoms with van der Waals surface area (Å²) in [5.41, 5.74) is 1.39. The minimum atomic E-state index is -0.228. The molecule has 1 aromatic heterocycles. The molecule has 25 heavy (non-hydrogen) atoms. The second-order valence-corrected chi connectivity index (χ2v) is 7.31. The molecule has 2 fully saturated rings. The van der Waals surface area contributed by atoms with E-state index in [1.165, 1.54) is 10.7 Å². The van der Waals surface area contributed by atoms with E-state index in [1.54, 1.807) is 0 Å². The molecule has 1 N–H and O–H groups in total. The van der Waals surface area contributed by atoms with Crippen molar-refractivity contribution in [3.05, 3.63) is 27.7 Å². The third-order valence-corrected chi connectivity index (χ3v) is 5.48. The first kappa shape index (κ1) is 18.1. The minimum Gasteiger partial charge on any atom is -0.392 e. The number of amides is 1. The molecular weight excluding hydrogens is 320 g/mol. The lowest BCUT2D eigenvalue weighted by atomic mass is 9.99. The van der Waals surface area contributed by atoms with Crippen molar-refractivity contribution >= 4 is 5.91 Å². The van der Waals surface area contributed by atoms with Gasteiger partial charge in [-0.2, -0.15) is 5.10 Å². The average molecular weight is 348 g/mol. The van der Waals surface area contributed by atoms with Crippen LogP contribution in [0.2, 0.25) is 0 Å². The van der Waals surface area contributed by atoms with Gasteiger partial charge in [-0.05, 0) is 51.6 Å². The smallest absolute Gasteiger partial charge is 0.267 e. The number of aliphatic hydroxyl groups is 1. The van der Waals surface area contributed by atoms with Crippen LogP contribution in [-0.2, 0) is 11.3 Å². The number of nitrogens with zero attached hydrogens (tertiary/aromatic N) is 4. The molecule has 0 aliphatic carbocycles. The molecule has 0 bridgehead atoms. The molecule has 0 saturated carbocycles. The Hall–Kier alpha value is -1.73. The fourth-order valence-electron chi connectivity index (χ4n) is 3.81. The lowest BCUT2D eigenvalue weighted by Gasteiger charge is -2.41. The number of rotatable bonds is 3. The highest BCUT2D eigenvalue weighted by molar-refractivity contribution is 5.76. The van der Waals surface area contributed by atoms with E-state index >= 15 is 0 Å². The van der Waals surface area contributed by atoms with E-state index in [2.05, 4.69) is 10.00 Å². The Morgan fingerprint density at radius 3 is 2.64 bits per heavy atom. The van der Waals surface area contributed by atoms with Crippen molar-refractivity contribution in [2.45, 2.75) is 58.2 Å². The van der Waals surface area contributed by atoms with Crippen LogP contribution in [0.25, 0.3) is 0 Å². The Morgan fingerprint density at radius 2 is 1.96 bits per heavy atom. The average Bonchev–Trinajstić information content (AvgIpc) is 2.60. The summed E-state index contributed by atoms with van der Waals surface area (Å²) in [5.74, 6) is -0.0463. The zero-order valence-electron chi connectivity index (χ0n) is 15.1. The second kappa shape index (κ2) is 7.66. The number of aromatic nitrogens is 2. The van der Waals surface area contributed by atoms with Crippen LogP contribution in [0.15, 0.2) is 10.9 Å². The molecule has 3 rings (SSSR count). The van der Waals surface area contributed by atoms with E-state index in [4.69, 9.17) is 0 Å². The van der Waals surface area contributed by atoms with Crippen molar-refractivity contribution in [1.29, 1.82) is 0 Å². The topological polar surface area (TPSA) is 78.7 Å². The first-order valence-electron chi connectivity index (χ1n) is 9.19. The maximum absolute atomic E-state index is 12.5. The highest BCUT2D eigenvalue weighted by Gasteiger charge is 2.29. The second-order valence-electron chi connectivity index (χ2n) is 7.31. The van der Waals surface area contributed by atoms with E-state index in [0.717, 1.165) is 50.0 Å². The summed E-state index contributed by atoms with van der Waals surface area (Å²) in [6.07, 6.45) is 3.57. The molecule has 2 saturated heterocycles. The number of hydrogen-bond donors (Lipinski definition) is 1. The van der Waals surface area contributed by atoms with Gasteiger partial charge in [0.1, 0.15) is 6.54 Å². The van der Waals surface area contributed by atoms with Gasteiger partial charge >= 0.3 is 0 Å². The predicted molar refractivity (Wildman–Crippen MR) is 94.4 cm³/mol. The van der Waals surface area contributed by atoms with Crippen LogP contribution in [0, 0.1) is 13.8 Å². The van der Waals surface area contributed by atoms with E-state index in [-0.39, 0.29) is 24.1 Å². The summed E-state index contributed by atoms with van der Waals surface area (Å²) in [6.45, 7) is 6.89. The number of β-amino-alcohol motifs (C(OH)–C–C–N with tert-alkyl or cyclic N) is 1. The van der Waals surface area contributed by atoms with Gasteiger partial charge < -0.3 is 10.0 Å². The number of aliphatic hydroxyl groups excluding tert-OH is 1. The Labute approximate surface area is 148 Å². The highest BCUT2D eigenvalue weighted by Crippen LogP contribution is 2.21. The van der Waals surface area contributed by atoms with Gasteiger partial charge in [0, 0.05) is 31.7 Å². The largest absolute Gasteiger partial charge is 0.392 e. The van der Waals surface area contributed by atoms with Crippen LogP contribution in [0.5, 0.6) is 0 Å². The van der Waals surface area contributed by atoms with Crippen LogP contribution >= 0.6 is 0 Å². The zero-order chi connectivity index (χ0) is 18.0. The normalized spacial score (nSPS) is 23.0. The summed E-state index contributed by atoms with van der Waals surface area (Å²) >= 11 is 0. The summed E-state index contributed by atoms with van der Waals surface area (Å²) in [7, 11) is 0. The Bertz CT molecular complexity index is 679. The Balaban J connectivity index is 1.55. The lowest BCUT2D eigenvalue weighted by molar-refractivity contribution is -0.133. The maximum Gasteiger partial charge on any atom is 0.267 e. The quantitative estimate of drug-likeness (QED) is 0.850. The SMILES string of the molecule is Cc1cc(=O)n(CC(=O)N2CCC(N3CCC[C@@H](O)C3)CC2)nc1C. The number of piperidine rings is 2. The minimum absolute atomic E-state index is 0.00699. The molecule has 2 aliphatic heterocycles. The van der Waals surface area contributed by atoms with Crippen LogP contribution in [0.3, 0.4) is 0 Å². The molecule has 138 valence electrons. The number of likely N-dealkylation sites (tertiary alicyclic amines) is 2. The van der Waals surface area contributed by atoms with E-state index in [1.807, 2.05) is 18.7 Å². The summed E-state index contributed by atoms with van der Waals surface area (Å²) in [5, 5.41) is 14.1. The molecule has 3 heterocycles. The van der Waals surface area contributed by atoms with Gasteiger partial charge in [-0.25, -0.2) is 4.68 Å². The van der Waals surface area contributed by atoms with Gasteiger partial charge in [-0.3, -0.25) is 14.5 Å². The molecule has 7 nitrogen and oxygen atoms in total. The zero-order valence-corrected chi connectivity index (χ0v) is 15.1. The van der Waals surface area contributed by atoms with Crippen LogP contribution in [-0.4, -0.2) is 68.9 Å². The Kier molecular flexibility index (Phi) is 5.54. The number of carbonyl (C=O) groups is 1. The van der Waals surface area contributed by atoms with Crippen LogP contribution < -0.4 is 5.56 Å². The van der Waals surface area contributed by atoms with E-state index < -0.39 is 0 Å². The molecular formula is C18H28N4O3. The van der Waals surface area contributed by atoms with Crippen molar-refractivity contribution in [3.63, 3.8) is 0 Å². The number of hydrogen-bond acceptors (Lipinski definition) is 5. The number of aryl methyl sites for hydroxylation is 2. The Morgan fingerprint density at radius 1 is 1.24 bits per heavy atom. The molecule has 0 radical (unpaired) electrons. The first-order chi connectivity index (χ1) is 11.9. The van der Waals surface area contributed by atoms with E-state index in [9.17, 15) is 14.7 Å². The molecule has 7 heteroatoms. The third-order valence-electron chi connectivity index (χ3n) is 5.48. The monoisotopic (exact) mass is 348 g/mol. The molecule has 0 aromatic carbocycles. The third kappa shape index (κ3) is 4.27. The van der Waals surface area contributed by atoms with Gasteiger partial charge in [0.2, 0.25) is 5.91 Å². The van der Waals surface area contributed by atoms with Crippen LogP contribution in [0.4, 0.5) is 0 Å². The van der Waals surface area contributed by atoms with Crippen molar-refractivity contribution in [2.24, 2.45) is 0 Å². The molecule has 2 aliphatic rings. The van der Waals surface area contributed by atoms with Gasteiger partial charge in [-0.1, -0.05) is 0 Å². The van der Waals surface area contributed by atoms with Gasteiger partial charge in [-0.15, -0.1) is 0 Å². The van der Waals surface area contributed by atoms with Gasteiger partial charge in [0.15, 0.2) is 0 Å².